The van der Waals surface area contributed by atoms with E-state index in [4.69, 9.17) is 9.84 Å². The van der Waals surface area contributed by atoms with E-state index in [2.05, 4.69) is 10.6 Å². The Kier molecular flexibility index (Phi) is 6.62. The third-order valence-electron chi connectivity index (χ3n) is 3.63. The minimum Gasteiger partial charge on any atom is -0.482 e. The van der Waals surface area contributed by atoms with Gasteiger partial charge in [-0.05, 0) is 55.6 Å². The van der Waals surface area contributed by atoms with Crippen molar-refractivity contribution in [3.63, 3.8) is 0 Å². The summed E-state index contributed by atoms with van der Waals surface area (Å²) in [5, 5.41) is 14.8. The number of hydrogen-bond acceptors (Lipinski definition) is 4. The molecule has 0 saturated carbocycles. The lowest BCUT2D eigenvalue weighted by Crippen LogP contribution is -2.37. The van der Waals surface area contributed by atoms with E-state index < -0.39 is 5.97 Å². The highest BCUT2D eigenvalue weighted by Crippen LogP contribution is 2.13. The van der Waals surface area contributed by atoms with Gasteiger partial charge in [0.05, 0.1) is 0 Å². The van der Waals surface area contributed by atoms with E-state index in [0.717, 1.165) is 31.5 Å². The summed E-state index contributed by atoms with van der Waals surface area (Å²) in [6.45, 7) is 2.35. The van der Waals surface area contributed by atoms with Crippen molar-refractivity contribution in [2.45, 2.75) is 12.8 Å². The highest BCUT2D eigenvalue weighted by Gasteiger charge is 2.12. The van der Waals surface area contributed by atoms with Gasteiger partial charge in [0.1, 0.15) is 5.75 Å². The lowest BCUT2D eigenvalue weighted by molar-refractivity contribution is -0.139. The van der Waals surface area contributed by atoms with Crippen LogP contribution < -0.4 is 15.4 Å². The van der Waals surface area contributed by atoms with Gasteiger partial charge in [-0.15, -0.1) is 0 Å². The summed E-state index contributed by atoms with van der Waals surface area (Å²) in [6.07, 6.45) is 5.53. The third-order valence-corrected chi connectivity index (χ3v) is 3.63. The van der Waals surface area contributed by atoms with Crippen molar-refractivity contribution in [2.75, 3.05) is 26.2 Å². The van der Waals surface area contributed by atoms with Crippen molar-refractivity contribution >= 4 is 18.0 Å². The molecule has 0 radical (unpaired) electrons. The molecule has 1 amide bonds. The minimum absolute atomic E-state index is 0.109. The molecule has 1 saturated heterocycles. The molecule has 2 rings (SSSR count). The fraction of sp³-hybridized carbons (Fsp3) is 0.412. The quantitative estimate of drug-likeness (QED) is 0.659. The van der Waals surface area contributed by atoms with Crippen molar-refractivity contribution in [1.82, 2.24) is 10.6 Å². The van der Waals surface area contributed by atoms with Crippen LogP contribution in [0.15, 0.2) is 30.3 Å². The summed E-state index contributed by atoms with van der Waals surface area (Å²) < 4.78 is 5.04. The third kappa shape index (κ3) is 6.52. The molecule has 0 aliphatic carbocycles. The molecule has 124 valence electrons. The van der Waals surface area contributed by atoms with Gasteiger partial charge in [-0.25, -0.2) is 4.79 Å². The number of piperidine rings is 1. The van der Waals surface area contributed by atoms with Crippen LogP contribution in [0.25, 0.3) is 6.08 Å². The van der Waals surface area contributed by atoms with Gasteiger partial charge < -0.3 is 20.5 Å². The van der Waals surface area contributed by atoms with E-state index >= 15 is 0 Å². The zero-order chi connectivity index (χ0) is 16.5. The van der Waals surface area contributed by atoms with E-state index in [9.17, 15) is 9.59 Å². The van der Waals surface area contributed by atoms with Crippen LogP contribution in [0, 0.1) is 5.92 Å². The Morgan fingerprint density at radius 1 is 1.35 bits per heavy atom. The molecule has 1 aliphatic heterocycles. The van der Waals surface area contributed by atoms with Crippen molar-refractivity contribution in [1.29, 1.82) is 0 Å². The first kappa shape index (κ1) is 17.0. The smallest absolute Gasteiger partial charge is 0.341 e. The molecular weight excluding hydrogens is 296 g/mol. The van der Waals surface area contributed by atoms with E-state index in [1.165, 1.54) is 6.08 Å². The average molecular weight is 318 g/mol. The second-order valence-electron chi connectivity index (χ2n) is 5.54. The Balaban J connectivity index is 1.75. The number of rotatable bonds is 7. The van der Waals surface area contributed by atoms with E-state index in [0.29, 0.717) is 18.2 Å². The Bertz CT molecular complexity index is 548. The highest BCUT2D eigenvalue weighted by atomic mass is 16.5. The number of nitrogens with one attached hydrogen (secondary N) is 2. The Morgan fingerprint density at radius 2 is 2.13 bits per heavy atom. The van der Waals surface area contributed by atoms with Crippen LogP contribution in [-0.4, -0.2) is 43.2 Å². The predicted molar refractivity (Wildman–Crippen MR) is 87.2 cm³/mol. The first-order valence-corrected chi connectivity index (χ1v) is 7.75. The summed E-state index contributed by atoms with van der Waals surface area (Å²) in [4.78, 5) is 22.2. The molecule has 6 heteroatoms. The van der Waals surface area contributed by atoms with Crippen LogP contribution in [0.5, 0.6) is 5.75 Å². The molecule has 1 aliphatic rings. The second kappa shape index (κ2) is 8.95. The molecule has 0 spiro atoms. The lowest BCUT2D eigenvalue weighted by atomic mass is 10.00. The van der Waals surface area contributed by atoms with Crippen LogP contribution in [0.1, 0.15) is 18.4 Å². The zero-order valence-corrected chi connectivity index (χ0v) is 13.0. The van der Waals surface area contributed by atoms with Gasteiger partial charge >= 0.3 is 5.97 Å². The number of carbonyl (C=O) groups is 2. The Labute approximate surface area is 135 Å². The molecule has 6 nitrogen and oxygen atoms in total. The maximum Gasteiger partial charge on any atom is 0.341 e. The highest BCUT2D eigenvalue weighted by molar-refractivity contribution is 5.91. The van der Waals surface area contributed by atoms with Gasteiger partial charge in [0.2, 0.25) is 5.91 Å². The van der Waals surface area contributed by atoms with Crippen LogP contribution >= 0.6 is 0 Å². The molecule has 1 aromatic carbocycles. The zero-order valence-electron chi connectivity index (χ0n) is 13.0. The SMILES string of the molecule is O=C(O)COc1ccc(/C=C/C(=O)NCC2CCCNC2)cc1. The van der Waals surface area contributed by atoms with Crippen molar-refractivity contribution in [2.24, 2.45) is 5.92 Å². The molecule has 1 aromatic rings. The van der Waals surface area contributed by atoms with E-state index in [1.807, 2.05) is 0 Å². The Hall–Kier alpha value is -2.34. The predicted octanol–water partition coefficient (Wildman–Crippen LogP) is 1.28. The second-order valence-corrected chi connectivity index (χ2v) is 5.54. The molecule has 0 bridgehead atoms. The summed E-state index contributed by atoms with van der Waals surface area (Å²) in [5.41, 5.74) is 0.849. The monoisotopic (exact) mass is 318 g/mol. The van der Waals surface area contributed by atoms with Gasteiger partial charge in [-0.2, -0.15) is 0 Å². The van der Waals surface area contributed by atoms with E-state index in [-0.39, 0.29) is 12.5 Å². The molecule has 1 atom stereocenters. The fourth-order valence-electron chi connectivity index (χ4n) is 2.39. The molecule has 3 N–H and O–H groups in total. The molecule has 1 heterocycles. The van der Waals surface area contributed by atoms with Crippen molar-refractivity contribution < 1.29 is 19.4 Å². The maximum atomic E-state index is 11.8. The molecular formula is C17H22N2O4. The maximum absolute atomic E-state index is 11.8. The number of hydrogen-bond donors (Lipinski definition) is 3. The van der Waals surface area contributed by atoms with Crippen LogP contribution in [0.4, 0.5) is 0 Å². The molecule has 1 fully saturated rings. The summed E-state index contributed by atoms with van der Waals surface area (Å²) >= 11 is 0. The van der Waals surface area contributed by atoms with Crippen LogP contribution in [0.3, 0.4) is 0 Å². The van der Waals surface area contributed by atoms with Gasteiger partial charge in [0, 0.05) is 12.6 Å². The first-order valence-electron chi connectivity index (χ1n) is 7.75. The lowest BCUT2D eigenvalue weighted by Gasteiger charge is -2.22. The largest absolute Gasteiger partial charge is 0.482 e. The van der Waals surface area contributed by atoms with Crippen LogP contribution in [-0.2, 0) is 9.59 Å². The minimum atomic E-state index is -1.01. The summed E-state index contributed by atoms with van der Waals surface area (Å²) in [5.74, 6) is -0.133. The molecule has 23 heavy (non-hydrogen) atoms. The topological polar surface area (TPSA) is 87.7 Å². The first-order chi connectivity index (χ1) is 11.1. The number of amides is 1. The molecule has 0 aromatic heterocycles. The summed E-state index contributed by atoms with van der Waals surface area (Å²) in [7, 11) is 0. The number of benzene rings is 1. The molecule has 1 unspecified atom stereocenters. The fourth-order valence-corrected chi connectivity index (χ4v) is 2.39. The van der Waals surface area contributed by atoms with Gasteiger partial charge in [0.25, 0.3) is 0 Å². The summed E-state index contributed by atoms with van der Waals surface area (Å²) in [6, 6.07) is 6.89. The van der Waals surface area contributed by atoms with Crippen molar-refractivity contribution in [3.8, 4) is 5.75 Å². The normalized spacial score (nSPS) is 17.8. The van der Waals surface area contributed by atoms with Gasteiger partial charge in [-0.3, -0.25) is 4.79 Å². The van der Waals surface area contributed by atoms with Crippen molar-refractivity contribution in [3.05, 3.63) is 35.9 Å². The van der Waals surface area contributed by atoms with Gasteiger partial charge in [-0.1, -0.05) is 12.1 Å². The number of aliphatic carboxylic acids is 1. The number of carboxylic acid groups (broad SMARTS) is 1. The number of carbonyl (C=O) groups excluding carboxylic acids is 1. The number of ether oxygens (including phenoxy) is 1. The standard InChI is InChI=1S/C17H22N2O4/c20-16(19-11-14-2-1-9-18-10-14)8-5-13-3-6-15(7-4-13)23-12-17(21)22/h3-8,14,18H,1-2,9-12H2,(H,19,20)(H,21,22)/b8-5+. The average Bonchev–Trinajstić information content (AvgIpc) is 2.58. The van der Waals surface area contributed by atoms with Gasteiger partial charge in [0.15, 0.2) is 6.61 Å². The Morgan fingerprint density at radius 3 is 2.78 bits per heavy atom. The van der Waals surface area contributed by atoms with Crippen LogP contribution in [0.2, 0.25) is 0 Å². The van der Waals surface area contributed by atoms with E-state index in [1.54, 1.807) is 30.3 Å². The number of carboxylic acids is 1.